The molecule has 0 fully saturated rings. The topological polar surface area (TPSA) is 41.1 Å². The summed E-state index contributed by atoms with van der Waals surface area (Å²) in [5, 5.41) is 5.95. The van der Waals surface area contributed by atoms with Crippen LogP contribution in [0.2, 0.25) is 0 Å². The number of carbonyl (C=O) groups excluding carboxylic acids is 1. The molecule has 3 nitrogen and oxygen atoms in total. The first-order chi connectivity index (χ1) is 7.77. The second-order valence-electron chi connectivity index (χ2n) is 3.84. The van der Waals surface area contributed by atoms with E-state index in [1.807, 2.05) is 37.4 Å². The fourth-order valence-electron chi connectivity index (χ4n) is 1.57. The molecule has 2 N–H and O–H groups in total. The number of hydrogen-bond acceptors (Lipinski definition) is 2. The van der Waals surface area contributed by atoms with Gasteiger partial charge in [0.15, 0.2) is 0 Å². The lowest BCUT2D eigenvalue weighted by Crippen LogP contribution is -2.38. The lowest BCUT2D eigenvalue weighted by atomic mass is 10.1. The van der Waals surface area contributed by atoms with Crippen molar-refractivity contribution in [2.75, 3.05) is 12.4 Å². The van der Waals surface area contributed by atoms with Gasteiger partial charge >= 0.3 is 0 Å². The summed E-state index contributed by atoms with van der Waals surface area (Å²) in [5.41, 5.74) is 0.851. The molecule has 0 aromatic heterocycles. The molecule has 1 aromatic carbocycles. The average Bonchev–Trinajstić information content (AvgIpc) is 2.31. The van der Waals surface area contributed by atoms with E-state index in [-0.39, 0.29) is 11.9 Å². The van der Waals surface area contributed by atoms with Gasteiger partial charge in [0.1, 0.15) is 0 Å². The zero-order chi connectivity index (χ0) is 11.8. The third-order valence-electron chi connectivity index (χ3n) is 2.55. The molecule has 1 aromatic rings. The Morgan fingerprint density at radius 1 is 1.31 bits per heavy atom. The summed E-state index contributed by atoms with van der Waals surface area (Å²) in [7, 11) is 1.82. The molecule has 0 saturated carbocycles. The van der Waals surface area contributed by atoms with Crippen LogP contribution < -0.4 is 10.6 Å². The van der Waals surface area contributed by atoms with E-state index in [4.69, 9.17) is 0 Å². The van der Waals surface area contributed by atoms with Crippen molar-refractivity contribution in [2.24, 2.45) is 0 Å². The zero-order valence-electron chi connectivity index (χ0n) is 9.99. The van der Waals surface area contributed by atoms with Crippen molar-refractivity contribution >= 4 is 11.6 Å². The Morgan fingerprint density at radius 3 is 2.56 bits per heavy atom. The van der Waals surface area contributed by atoms with Crippen LogP contribution in [-0.2, 0) is 4.79 Å². The van der Waals surface area contributed by atoms with Gasteiger partial charge in [0.25, 0.3) is 0 Å². The maximum atomic E-state index is 11.9. The number of unbranched alkanes of at least 4 members (excludes halogenated alkanes) is 1. The van der Waals surface area contributed by atoms with Gasteiger partial charge in [0, 0.05) is 5.69 Å². The molecule has 0 bridgehead atoms. The third-order valence-corrected chi connectivity index (χ3v) is 2.55. The molecule has 0 spiro atoms. The van der Waals surface area contributed by atoms with Crippen LogP contribution >= 0.6 is 0 Å². The van der Waals surface area contributed by atoms with E-state index in [0.29, 0.717) is 0 Å². The van der Waals surface area contributed by atoms with Crippen molar-refractivity contribution in [3.8, 4) is 0 Å². The van der Waals surface area contributed by atoms with E-state index in [0.717, 1.165) is 24.9 Å². The zero-order valence-corrected chi connectivity index (χ0v) is 9.99. The van der Waals surface area contributed by atoms with Crippen LogP contribution in [-0.4, -0.2) is 19.0 Å². The fourth-order valence-corrected chi connectivity index (χ4v) is 1.57. The Labute approximate surface area is 97.2 Å². The van der Waals surface area contributed by atoms with Crippen LogP contribution in [0.3, 0.4) is 0 Å². The summed E-state index contributed by atoms with van der Waals surface area (Å²) in [6, 6.07) is 9.45. The minimum atomic E-state index is -0.0971. The molecule has 0 radical (unpaired) electrons. The highest BCUT2D eigenvalue weighted by atomic mass is 16.2. The summed E-state index contributed by atoms with van der Waals surface area (Å²) in [6.45, 7) is 2.13. The van der Waals surface area contributed by atoms with E-state index >= 15 is 0 Å². The molecular formula is C13H20N2O. The Balaban J connectivity index is 2.49. The molecule has 3 heteroatoms. The third kappa shape index (κ3) is 4.03. The van der Waals surface area contributed by atoms with Crippen molar-refractivity contribution < 1.29 is 4.79 Å². The van der Waals surface area contributed by atoms with Gasteiger partial charge in [-0.2, -0.15) is 0 Å². The fraction of sp³-hybridized carbons (Fsp3) is 0.462. The van der Waals surface area contributed by atoms with Gasteiger partial charge in [-0.3, -0.25) is 4.79 Å². The Bertz CT molecular complexity index is 311. The van der Waals surface area contributed by atoms with Gasteiger partial charge in [-0.05, 0) is 25.6 Å². The summed E-state index contributed by atoms with van der Waals surface area (Å²) >= 11 is 0. The van der Waals surface area contributed by atoms with Gasteiger partial charge in [-0.25, -0.2) is 0 Å². The average molecular weight is 220 g/mol. The van der Waals surface area contributed by atoms with Crippen LogP contribution in [0.5, 0.6) is 0 Å². The SMILES string of the molecule is CCCCC(NC)C(=O)Nc1ccccc1. The lowest BCUT2D eigenvalue weighted by Gasteiger charge is -2.15. The van der Waals surface area contributed by atoms with Gasteiger partial charge in [-0.1, -0.05) is 38.0 Å². The van der Waals surface area contributed by atoms with Crippen molar-refractivity contribution in [2.45, 2.75) is 32.2 Å². The summed E-state index contributed by atoms with van der Waals surface area (Å²) < 4.78 is 0. The number of hydrogen-bond donors (Lipinski definition) is 2. The molecule has 0 aliphatic carbocycles. The first kappa shape index (κ1) is 12.7. The summed E-state index contributed by atoms with van der Waals surface area (Å²) in [6.07, 6.45) is 3.05. The van der Waals surface area contributed by atoms with E-state index in [1.165, 1.54) is 0 Å². The Kier molecular flexibility index (Phi) is 5.57. The highest BCUT2D eigenvalue weighted by Crippen LogP contribution is 2.07. The summed E-state index contributed by atoms with van der Waals surface area (Å²) in [4.78, 5) is 11.9. The van der Waals surface area contributed by atoms with Gasteiger partial charge in [0.2, 0.25) is 5.91 Å². The van der Waals surface area contributed by atoms with Gasteiger partial charge < -0.3 is 10.6 Å². The molecule has 0 aliphatic rings. The van der Waals surface area contributed by atoms with Gasteiger partial charge in [0.05, 0.1) is 6.04 Å². The maximum absolute atomic E-state index is 11.9. The molecular weight excluding hydrogens is 200 g/mol. The minimum absolute atomic E-state index is 0.0437. The molecule has 88 valence electrons. The van der Waals surface area contributed by atoms with Crippen molar-refractivity contribution in [1.82, 2.24) is 5.32 Å². The molecule has 1 amide bonds. The van der Waals surface area contributed by atoms with E-state index in [1.54, 1.807) is 0 Å². The Morgan fingerprint density at radius 2 is 2.00 bits per heavy atom. The minimum Gasteiger partial charge on any atom is -0.325 e. The number of carbonyl (C=O) groups is 1. The maximum Gasteiger partial charge on any atom is 0.241 e. The van der Waals surface area contributed by atoms with Crippen LogP contribution in [0, 0.1) is 0 Å². The quantitative estimate of drug-likeness (QED) is 0.773. The number of amides is 1. The molecule has 1 unspecified atom stereocenters. The number of likely N-dealkylation sites (N-methyl/N-ethyl adjacent to an activating group) is 1. The van der Waals surface area contributed by atoms with Gasteiger partial charge in [-0.15, -0.1) is 0 Å². The van der Waals surface area contributed by atoms with Crippen LogP contribution in [0.1, 0.15) is 26.2 Å². The highest BCUT2D eigenvalue weighted by molar-refractivity contribution is 5.94. The first-order valence-corrected chi connectivity index (χ1v) is 5.81. The smallest absolute Gasteiger partial charge is 0.241 e. The second-order valence-corrected chi connectivity index (χ2v) is 3.84. The number of benzene rings is 1. The van der Waals surface area contributed by atoms with Crippen LogP contribution in [0.25, 0.3) is 0 Å². The number of para-hydroxylation sites is 1. The monoisotopic (exact) mass is 220 g/mol. The second kappa shape index (κ2) is 7.01. The number of rotatable bonds is 6. The Hall–Kier alpha value is -1.35. The van der Waals surface area contributed by atoms with E-state index in [2.05, 4.69) is 17.6 Å². The number of anilines is 1. The molecule has 16 heavy (non-hydrogen) atoms. The molecule has 0 aliphatic heterocycles. The largest absolute Gasteiger partial charge is 0.325 e. The lowest BCUT2D eigenvalue weighted by molar-refractivity contribution is -0.118. The standard InChI is InChI=1S/C13H20N2O/c1-3-4-10-12(14-2)13(16)15-11-8-6-5-7-9-11/h5-9,12,14H,3-4,10H2,1-2H3,(H,15,16). The summed E-state index contributed by atoms with van der Waals surface area (Å²) in [5.74, 6) is 0.0437. The normalized spacial score (nSPS) is 12.1. The molecule has 0 saturated heterocycles. The predicted octanol–water partition coefficient (Wildman–Crippen LogP) is 2.40. The predicted molar refractivity (Wildman–Crippen MR) is 67.4 cm³/mol. The van der Waals surface area contributed by atoms with E-state index in [9.17, 15) is 4.79 Å². The molecule has 0 heterocycles. The highest BCUT2D eigenvalue weighted by Gasteiger charge is 2.15. The number of nitrogens with one attached hydrogen (secondary N) is 2. The molecule has 1 rings (SSSR count). The van der Waals surface area contributed by atoms with Crippen LogP contribution in [0.15, 0.2) is 30.3 Å². The van der Waals surface area contributed by atoms with Crippen molar-refractivity contribution in [1.29, 1.82) is 0 Å². The van der Waals surface area contributed by atoms with E-state index < -0.39 is 0 Å². The first-order valence-electron chi connectivity index (χ1n) is 5.81. The molecule has 1 atom stereocenters. The van der Waals surface area contributed by atoms with Crippen molar-refractivity contribution in [3.05, 3.63) is 30.3 Å². The van der Waals surface area contributed by atoms with Crippen LogP contribution in [0.4, 0.5) is 5.69 Å². The van der Waals surface area contributed by atoms with Crippen molar-refractivity contribution in [3.63, 3.8) is 0 Å².